The van der Waals surface area contributed by atoms with Gasteiger partial charge in [-0.15, -0.1) is 0 Å². The zero-order valence-electron chi connectivity index (χ0n) is 9.54. The van der Waals surface area contributed by atoms with Crippen molar-refractivity contribution in [1.29, 1.82) is 0 Å². The Morgan fingerprint density at radius 3 is 1.38 bits per heavy atom. The molecule has 0 saturated carbocycles. The molecule has 76 valence electrons. The standard InChI is InChI=1S/C6H7N.C4H10.C2H6/c7-6-4-2-1-3-5-6;1-4(2)3;1-2/h1-5H,7H2;4H,1-3H3;1-2H3. The first-order valence-corrected chi connectivity index (χ1v) is 4.93. The summed E-state index contributed by atoms with van der Waals surface area (Å²) in [5.74, 6) is 0.833. The van der Waals surface area contributed by atoms with Gasteiger partial charge >= 0.3 is 0 Å². The van der Waals surface area contributed by atoms with Crippen LogP contribution in [0.4, 0.5) is 5.69 Å². The van der Waals surface area contributed by atoms with Crippen LogP contribution in [0.3, 0.4) is 0 Å². The van der Waals surface area contributed by atoms with Crippen molar-refractivity contribution in [1.82, 2.24) is 0 Å². The third kappa shape index (κ3) is 18.2. The van der Waals surface area contributed by atoms with Gasteiger partial charge in [-0.3, -0.25) is 0 Å². The Hall–Kier alpha value is -0.980. The van der Waals surface area contributed by atoms with Gasteiger partial charge in [0, 0.05) is 5.69 Å². The van der Waals surface area contributed by atoms with E-state index in [2.05, 4.69) is 20.8 Å². The Morgan fingerprint density at radius 1 is 0.923 bits per heavy atom. The number of nitrogen functional groups attached to an aromatic ring is 1. The summed E-state index contributed by atoms with van der Waals surface area (Å²) in [7, 11) is 0. The highest BCUT2D eigenvalue weighted by molar-refractivity contribution is 5.35. The van der Waals surface area contributed by atoms with E-state index in [1.807, 2.05) is 44.2 Å². The van der Waals surface area contributed by atoms with Gasteiger partial charge in [0.25, 0.3) is 0 Å². The van der Waals surface area contributed by atoms with E-state index in [0.29, 0.717) is 0 Å². The Morgan fingerprint density at radius 2 is 1.23 bits per heavy atom. The Balaban J connectivity index is 0. The van der Waals surface area contributed by atoms with Crippen molar-refractivity contribution >= 4 is 5.69 Å². The molecule has 0 aromatic heterocycles. The average molecular weight is 181 g/mol. The maximum absolute atomic E-state index is 5.36. The molecule has 0 aliphatic heterocycles. The number of anilines is 1. The topological polar surface area (TPSA) is 26.0 Å². The van der Waals surface area contributed by atoms with Gasteiger partial charge in [-0.25, -0.2) is 0 Å². The molecule has 0 radical (unpaired) electrons. The lowest BCUT2D eigenvalue weighted by Gasteiger charge is -1.83. The van der Waals surface area contributed by atoms with Crippen molar-refractivity contribution in [2.24, 2.45) is 5.92 Å². The maximum Gasteiger partial charge on any atom is 0.0313 e. The van der Waals surface area contributed by atoms with Crippen molar-refractivity contribution in [3.8, 4) is 0 Å². The quantitative estimate of drug-likeness (QED) is 0.602. The normalized spacial score (nSPS) is 7.85. The lowest BCUT2D eigenvalue weighted by atomic mass is 10.3. The van der Waals surface area contributed by atoms with E-state index in [1.165, 1.54) is 0 Å². The maximum atomic E-state index is 5.36. The molecule has 1 heteroatoms. The van der Waals surface area contributed by atoms with Gasteiger partial charge in [-0.2, -0.15) is 0 Å². The molecule has 0 saturated heterocycles. The Labute approximate surface area is 83.0 Å². The average Bonchev–Trinajstić information content (AvgIpc) is 2.08. The first-order valence-electron chi connectivity index (χ1n) is 4.93. The monoisotopic (exact) mass is 181 g/mol. The van der Waals surface area contributed by atoms with Crippen molar-refractivity contribution in [3.63, 3.8) is 0 Å². The summed E-state index contributed by atoms with van der Waals surface area (Å²) in [4.78, 5) is 0. The van der Waals surface area contributed by atoms with E-state index in [4.69, 9.17) is 5.73 Å². The van der Waals surface area contributed by atoms with E-state index in [0.717, 1.165) is 11.6 Å². The second-order valence-corrected chi connectivity index (χ2v) is 3.14. The van der Waals surface area contributed by atoms with Crippen molar-refractivity contribution in [3.05, 3.63) is 30.3 Å². The zero-order chi connectivity index (χ0) is 10.7. The third-order valence-corrected chi connectivity index (χ3v) is 0.800. The van der Waals surface area contributed by atoms with Gasteiger partial charge in [-0.1, -0.05) is 52.8 Å². The van der Waals surface area contributed by atoms with Gasteiger partial charge < -0.3 is 5.73 Å². The van der Waals surface area contributed by atoms with Crippen molar-refractivity contribution < 1.29 is 0 Å². The molecule has 0 spiro atoms. The highest BCUT2D eigenvalue weighted by Gasteiger charge is 1.72. The van der Waals surface area contributed by atoms with Crippen LogP contribution in [0, 0.1) is 5.92 Å². The molecule has 0 atom stereocenters. The fourth-order valence-electron chi connectivity index (χ4n) is 0.453. The number of rotatable bonds is 0. The Bertz CT molecular complexity index is 165. The fraction of sp³-hybridized carbons (Fsp3) is 0.500. The SMILES string of the molecule is CC.CC(C)C.Nc1ccccc1. The minimum atomic E-state index is 0.822. The van der Waals surface area contributed by atoms with E-state index in [1.54, 1.807) is 0 Å². The molecular weight excluding hydrogens is 158 g/mol. The van der Waals surface area contributed by atoms with Gasteiger partial charge in [-0.05, 0) is 18.1 Å². The predicted octanol–water partition coefficient (Wildman–Crippen LogP) is 3.96. The highest BCUT2D eigenvalue weighted by Crippen LogP contribution is 1.95. The van der Waals surface area contributed by atoms with E-state index >= 15 is 0 Å². The smallest absolute Gasteiger partial charge is 0.0313 e. The number of hydrogen-bond acceptors (Lipinski definition) is 1. The van der Waals surface area contributed by atoms with Crippen LogP contribution in [-0.2, 0) is 0 Å². The largest absolute Gasteiger partial charge is 0.399 e. The summed E-state index contributed by atoms with van der Waals surface area (Å²) in [6, 6.07) is 9.49. The summed E-state index contributed by atoms with van der Waals surface area (Å²) in [5.41, 5.74) is 6.18. The molecule has 1 nitrogen and oxygen atoms in total. The number of para-hydroxylation sites is 1. The van der Waals surface area contributed by atoms with Crippen LogP contribution >= 0.6 is 0 Å². The van der Waals surface area contributed by atoms with Crippen LogP contribution in [0.1, 0.15) is 34.6 Å². The molecule has 1 rings (SSSR count). The number of hydrogen-bond donors (Lipinski definition) is 1. The van der Waals surface area contributed by atoms with Crippen LogP contribution < -0.4 is 5.73 Å². The molecule has 0 heterocycles. The third-order valence-electron chi connectivity index (χ3n) is 0.800. The predicted molar refractivity (Wildman–Crippen MR) is 62.7 cm³/mol. The van der Waals surface area contributed by atoms with Gasteiger partial charge in [0.15, 0.2) is 0 Å². The van der Waals surface area contributed by atoms with E-state index in [-0.39, 0.29) is 0 Å². The van der Waals surface area contributed by atoms with E-state index in [9.17, 15) is 0 Å². The van der Waals surface area contributed by atoms with Crippen LogP contribution in [0.15, 0.2) is 30.3 Å². The van der Waals surface area contributed by atoms with Crippen LogP contribution in [0.5, 0.6) is 0 Å². The van der Waals surface area contributed by atoms with Crippen LogP contribution in [-0.4, -0.2) is 0 Å². The summed E-state index contributed by atoms with van der Waals surface area (Å²) in [6.07, 6.45) is 0. The van der Waals surface area contributed by atoms with Crippen LogP contribution in [0.2, 0.25) is 0 Å². The summed E-state index contributed by atoms with van der Waals surface area (Å²) < 4.78 is 0. The molecule has 1 aromatic carbocycles. The fourth-order valence-corrected chi connectivity index (χ4v) is 0.453. The molecular formula is C12H23N. The number of nitrogens with two attached hydrogens (primary N) is 1. The van der Waals surface area contributed by atoms with Gasteiger partial charge in [0.1, 0.15) is 0 Å². The minimum Gasteiger partial charge on any atom is -0.399 e. The molecule has 13 heavy (non-hydrogen) atoms. The molecule has 0 aliphatic rings. The molecule has 0 bridgehead atoms. The van der Waals surface area contributed by atoms with Crippen LogP contribution in [0.25, 0.3) is 0 Å². The van der Waals surface area contributed by atoms with Crippen molar-refractivity contribution in [2.45, 2.75) is 34.6 Å². The van der Waals surface area contributed by atoms with Gasteiger partial charge in [0.05, 0.1) is 0 Å². The second-order valence-electron chi connectivity index (χ2n) is 3.14. The molecule has 0 aliphatic carbocycles. The molecule has 0 unspecified atom stereocenters. The lowest BCUT2D eigenvalue weighted by Crippen LogP contribution is -1.79. The van der Waals surface area contributed by atoms with Gasteiger partial charge in [0.2, 0.25) is 0 Å². The second kappa shape index (κ2) is 11.0. The summed E-state index contributed by atoms with van der Waals surface area (Å²) >= 11 is 0. The Kier molecular flexibility index (Phi) is 12.3. The molecule has 0 amide bonds. The summed E-state index contributed by atoms with van der Waals surface area (Å²) in [5, 5.41) is 0. The molecule has 2 N–H and O–H groups in total. The minimum absolute atomic E-state index is 0.822. The summed E-state index contributed by atoms with van der Waals surface area (Å²) in [6.45, 7) is 10.5. The van der Waals surface area contributed by atoms with Crippen molar-refractivity contribution in [2.75, 3.05) is 5.73 Å². The molecule has 0 fully saturated rings. The lowest BCUT2D eigenvalue weighted by molar-refractivity contribution is 0.737. The van der Waals surface area contributed by atoms with E-state index < -0.39 is 0 Å². The first-order chi connectivity index (χ1) is 6.13. The number of benzene rings is 1. The zero-order valence-corrected chi connectivity index (χ0v) is 9.54. The molecule has 1 aromatic rings. The highest BCUT2D eigenvalue weighted by atomic mass is 14.5. The first kappa shape index (κ1) is 14.5.